The van der Waals surface area contributed by atoms with Gasteiger partial charge in [0.1, 0.15) is 5.78 Å². The molecule has 2 fully saturated rings. The van der Waals surface area contributed by atoms with Crippen LogP contribution in [0.1, 0.15) is 59.3 Å². The van der Waals surface area contributed by atoms with Crippen molar-refractivity contribution >= 4 is 5.78 Å². The van der Waals surface area contributed by atoms with Crippen molar-refractivity contribution in [3.8, 4) is 0 Å². The third kappa shape index (κ3) is 1.17. The summed E-state index contributed by atoms with van der Waals surface area (Å²) in [5.74, 6) is 1.31. The Labute approximate surface area is 87.3 Å². The molecule has 0 aromatic rings. The second-order valence-corrected chi connectivity index (χ2v) is 5.95. The molecule has 0 spiro atoms. The molecule has 80 valence electrons. The first-order chi connectivity index (χ1) is 6.48. The van der Waals surface area contributed by atoms with Gasteiger partial charge in [-0.05, 0) is 30.6 Å². The van der Waals surface area contributed by atoms with Gasteiger partial charge in [-0.15, -0.1) is 0 Å². The maximum absolute atomic E-state index is 12.0. The van der Waals surface area contributed by atoms with Crippen LogP contribution in [-0.2, 0) is 4.79 Å². The maximum atomic E-state index is 12.0. The molecule has 2 atom stereocenters. The zero-order valence-electron chi connectivity index (χ0n) is 9.73. The summed E-state index contributed by atoms with van der Waals surface area (Å²) in [6, 6.07) is 0. The number of rotatable bonds is 0. The van der Waals surface area contributed by atoms with Crippen molar-refractivity contribution in [3.63, 3.8) is 0 Å². The van der Waals surface area contributed by atoms with E-state index < -0.39 is 0 Å². The van der Waals surface area contributed by atoms with Crippen molar-refractivity contribution in [2.24, 2.45) is 16.7 Å². The Morgan fingerprint density at radius 1 is 1.14 bits per heavy atom. The standard InChI is InChI=1S/C13H22O/c1-12(2)11(14)8-7-10-6-4-5-9-13(10,12)3/h10H,4-9H2,1-3H3/t10-,13+/m0/s1. The van der Waals surface area contributed by atoms with Gasteiger partial charge in [-0.3, -0.25) is 4.79 Å². The zero-order chi connectivity index (χ0) is 10.4. The molecule has 0 unspecified atom stereocenters. The van der Waals surface area contributed by atoms with E-state index in [-0.39, 0.29) is 5.41 Å². The molecule has 2 saturated carbocycles. The molecule has 0 aliphatic heterocycles. The highest BCUT2D eigenvalue weighted by molar-refractivity contribution is 5.85. The van der Waals surface area contributed by atoms with Crippen molar-refractivity contribution in [1.29, 1.82) is 0 Å². The number of Topliss-reactive ketones (excluding diaryl/α,β-unsaturated/α-hetero) is 1. The van der Waals surface area contributed by atoms with Gasteiger partial charge in [0.15, 0.2) is 0 Å². The van der Waals surface area contributed by atoms with Crippen LogP contribution in [0.15, 0.2) is 0 Å². The van der Waals surface area contributed by atoms with E-state index in [0.29, 0.717) is 11.2 Å². The van der Waals surface area contributed by atoms with Crippen molar-refractivity contribution in [1.82, 2.24) is 0 Å². The molecular weight excluding hydrogens is 172 g/mol. The number of hydrogen-bond donors (Lipinski definition) is 0. The fraction of sp³-hybridized carbons (Fsp3) is 0.923. The number of hydrogen-bond acceptors (Lipinski definition) is 1. The van der Waals surface area contributed by atoms with Gasteiger partial charge in [0.25, 0.3) is 0 Å². The van der Waals surface area contributed by atoms with E-state index in [9.17, 15) is 4.79 Å². The first-order valence-corrected chi connectivity index (χ1v) is 6.02. The van der Waals surface area contributed by atoms with Crippen molar-refractivity contribution in [3.05, 3.63) is 0 Å². The van der Waals surface area contributed by atoms with Crippen LogP contribution in [0, 0.1) is 16.7 Å². The quantitative estimate of drug-likeness (QED) is 0.576. The van der Waals surface area contributed by atoms with Gasteiger partial charge in [-0.25, -0.2) is 0 Å². The van der Waals surface area contributed by atoms with Gasteiger partial charge in [-0.2, -0.15) is 0 Å². The van der Waals surface area contributed by atoms with Crippen LogP contribution in [0.25, 0.3) is 0 Å². The monoisotopic (exact) mass is 194 g/mol. The average molecular weight is 194 g/mol. The highest BCUT2D eigenvalue weighted by Gasteiger charge is 2.53. The summed E-state index contributed by atoms with van der Waals surface area (Å²) in [7, 11) is 0. The fourth-order valence-electron chi connectivity index (χ4n) is 3.63. The largest absolute Gasteiger partial charge is 0.299 e. The first kappa shape index (κ1) is 10.2. The van der Waals surface area contributed by atoms with Crippen LogP contribution >= 0.6 is 0 Å². The Morgan fingerprint density at radius 3 is 2.57 bits per heavy atom. The lowest BCUT2D eigenvalue weighted by Crippen LogP contribution is -2.51. The van der Waals surface area contributed by atoms with Crippen LogP contribution in [0.2, 0.25) is 0 Å². The SMILES string of the molecule is CC1(C)C(=O)CC[C@@H]2CCCC[C@]21C. The molecule has 2 aliphatic rings. The lowest BCUT2D eigenvalue weighted by Gasteiger charge is -2.54. The van der Waals surface area contributed by atoms with Crippen LogP contribution in [-0.4, -0.2) is 5.78 Å². The second-order valence-electron chi connectivity index (χ2n) is 5.95. The van der Waals surface area contributed by atoms with Crippen molar-refractivity contribution in [2.75, 3.05) is 0 Å². The predicted molar refractivity (Wildman–Crippen MR) is 58.1 cm³/mol. The molecule has 0 saturated heterocycles. The second kappa shape index (κ2) is 3.08. The molecule has 0 radical (unpaired) electrons. The molecule has 1 nitrogen and oxygen atoms in total. The van der Waals surface area contributed by atoms with E-state index in [1.807, 2.05) is 0 Å². The number of carbonyl (C=O) groups is 1. The van der Waals surface area contributed by atoms with Gasteiger partial charge < -0.3 is 0 Å². The van der Waals surface area contributed by atoms with Gasteiger partial charge >= 0.3 is 0 Å². The van der Waals surface area contributed by atoms with Gasteiger partial charge in [0.2, 0.25) is 0 Å². The molecule has 0 amide bonds. The smallest absolute Gasteiger partial charge is 0.139 e. The maximum Gasteiger partial charge on any atom is 0.139 e. The molecule has 2 rings (SSSR count). The Bertz CT molecular complexity index is 254. The van der Waals surface area contributed by atoms with E-state index in [2.05, 4.69) is 20.8 Å². The molecular formula is C13H22O. The molecule has 0 N–H and O–H groups in total. The van der Waals surface area contributed by atoms with Crippen LogP contribution in [0.3, 0.4) is 0 Å². The van der Waals surface area contributed by atoms with E-state index in [1.54, 1.807) is 0 Å². The predicted octanol–water partition coefficient (Wildman–Crippen LogP) is 3.57. The summed E-state index contributed by atoms with van der Waals surface area (Å²) < 4.78 is 0. The summed E-state index contributed by atoms with van der Waals surface area (Å²) >= 11 is 0. The van der Waals surface area contributed by atoms with E-state index in [1.165, 1.54) is 25.7 Å². The molecule has 1 heteroatoms. The van der Waals surface area contributed by atoms with E-state index in [4.69, 9.17) is 0 Å². The molecule has 2 aliphatic carbocycles. The van der Waals surface area contributed by atoms with Gasteiger partial charge in [0, 0.05) is 11.8 Å². The number of carbonyl (C=O) groups excluding carboxylic acids is 1. The van der Waals surface area contributed by atoms with Crippen LogP contribution in [0.5, 0.6) is 0 Å². The summed E-state index contributed by atoms with van der Waals surface area (Å²) in [6.45, 7) is 6.70. The zero-order valence-corrected chi connectivity index (χ0v) is 9.73. The van der Waals surface area contributed by atoms with Gasteiger partial charge in [0.05, 0.1) is 0 Å². The Kier molecular flexibility index (Phi) is 2.24. The molecule has 0 aromatic heterocycles. The highest BCUT2D eigenvalue weighted by atomic mass is 16.1. The van der Waals surface area contributed by atoms with E-state index in [0.717, 1.165) is 18.8 Å². The number of fused-ring (bicyclic) bond motifs is 1. The topological polar surface area (TPSA) is 17.1 Å². The lowest BCUT2D eigenvalue weighted by atomic mass is 9.49. The summed E-state index contributed by atoms with van der Waals surface area (Å²) in [6.07, 6.45) is 7.30. The minimum atomic E-state index is -0.0731. The third-order valence-corrected chi connectivity index (χ3v) is 5.24. The third-order valence-electron chi connectivity index (χ3n) is 5.24. The molecule has 0 heterocycles. The lowest BCUT2D eigenvalue weighted by molar-refractivity contribution is -0.146. The Balaban J connectivity index is 2.33. The first-order valence-electron chi connectivity index (χ1n) is 6.02. The Morgan fingerprint density at radius 2 is 1.86 bits per heavy atom. The number of ketones is 1. The van der Waals surface area contributed by atoms with Gasteiger partial charge in [-0.1, -0.05) is 33.6 Å². The summed E-state index contributed by atoms with van der Waals surface area (Å²) in [5, 5.41) is 0. The summed E-state index contributed by atoms with van der Waals surface area (Å²) in [4.78, 5) is 12.0. The van der Waals surface area contributed by atoms with E-state index >= 15 is 0 Å². The van der Waals surface area contributed by atoms with Crippen molar-refractivity contribution in [2.45, 2.75) is 59.3 Å². The minimum Gasteiger partial charge on any atom is -0.299 e. The highest BCUT2D eigenvalue weighted by Crippen LogP contribution is 2.57. The van der Waals surface area contributed by atoms with Crippen molar-refractivity contribution < 1.29 is 4.79 Å². The summed E-state index contributed by atoms with van der Waals surface area (Å²) in [5.41, 5.74) is 0.219. The molecule has 14 heavy (non-hydrogen) atoms. The fourth-order valence-corrected chi connectivity index (χ4v) is 3.63. The normalized spacial score (nSPS) is 41.9. The Hall–Kier alpha value is -0.330. The van der Waals surface area contributed by atoms with Crippen LogP contribution in [0.4, 0.5) is 0 Å². The molecule has 0 bridgehead atoms. The average Bonchev–Trinajstić information content (AvgIpc) is 2.14. The van der Waals surface area contributed by atoms with Crippen LogP contribution < -0.4 is 0 Å². The minimum absolute atomic E-state index is 0.0731. The molecule has 0 aromatic carbocycles.